The van der Waals surface area contributed by atoms with Gasteiger partial charge in [0.1, 0.15) is 52.7 Å². The Kier molecular flexibility index (Phi) is 17.7. The van der Waals surface area contributed by atoms with Crippen molar-refractivity contribution in [3.63, 3.8) is 0 Å². The van der Waals surface area contributed by atoms with E-state index >= 15 is 43.9 Å². The van der Waals surface area contributed by atoms with Gasteiger partial charge in [-0.2, -0.15) is 0 Å². The van der Waals surface area contributed by atoms with Crippen molar-refractivity contribution in [1.29, 1.82) is 0 Å². The third-order valence-electron chi connectivity index (χ3n) is 9.27. The molecule has 1 aliphatic rings. The van der Waals surface area contributed by atoms with E-state index < -0.39 is 177 Å². The fraction of sp³-hybridized carbons (Fsp3) is 0.105. The molecule has 0 N–H and O–H groups in total. The summed E-state index contributed by atoms with van der Waals surface area (Å²) in [5, 5.41) is 0. The van der Waals surface area contributed by atoms with Crippen molar-refractivity contribution < 1.29 is 135 Å². The molecule has 65 heavy (non-hydrogen) atoms. The molecule has 1 heterocycles. The average Bonchev–Trinajstić information content (AvgIpc) is 3.87. The summed E-state index contributed by atoms with van der Waals surface area (Å²) in [4.78, 5) is 0. The van der Waals surface area contributed by atoms with E-state index in [9.17, 15) is 57.1 Å². The zero-order chi connectivity index (χ0) is 48.8. The van der Waals surface area contributed by atoms with E-state index in [-0.39, 0.29) is 35.6 Å². The first kappa shape index (κ1) is 54.8. The quantitative estimate of drug-likeness (QED) is 0.0732. The third-order valence-corrected chi connectivity index (χ3v) is 9.97. The van der Waals surface area contributed by atoms with E-state index in [0.29, 0.717) is 6.08 Å². The molecule has 6 rings (SSSR count). The Bertz CT molecular complexity index is 2440. The van der Waals surface area contributed by atoms with Gasteiger partial charge in [-0.1, -0.05) is 25.3 Å². The van der Waals surface area contributed by atoms with Gasteiger partial charge in [0.15, 0.2) is 87.3 Å². The van der Waals surface area contributed by atoms with Crippen LogP contribution in [-0.4, -0.2) is 19.4 Å². The molecule has 0 aliphatic carbocycles. The van der Waals surface area contributed by atoms with Crippen molar-refractivity contribution in [3.05, 3.63) is 163 Å². The first-order valence-corrected chi connectivity index (χ1v) is 17.5. The van der Waals surface area contributed by atoms with Crippen LogP contribution < -0.4 is 51.4 Å². The van der Waals surface area contributed by atoms with Gasteiger partial charge in [0, 0.05) is 13.2 Å². The van der Waals surface area contributed by atoms with Gasteiger partial charge in [-0.15, -0.1) is 21.9 Å². The largest absolute Gasteiger partial charge is 1.00 e. The summed E-state index contributed by atoms with van der Waals surface area (Å²) < 4.78 is 339. The molecule has 0 aromatic heterocycles. The number of ether oxygens (including phenoxy) is 1. The van der Waals surface area contributed by atoms with Crippen LogP contribution in [-0.2, 0) is 4.74 Å². The van der Waals surface area contributed by atoms with Crippen molar-refractivity contribution >= 4 is 56.1 Å². The third kappa shape index (κ3) is 8.91. The molecule has 0 bridgehead atoms. The summed E-state index contributed by atoms with van der Waals surface area (Å²) in [5.74, 6) is -71.1. The first-order chi connectivity index (χ1) is 29.7. The Morgan fingerprint density at radius 3 is 0.692 bits per heavy atom. The molecule has 344 valence electrons. The van der Waals surface area contributed by atoms with Crippen LogP contribution in [0.4, 0.5) is 101 Å². The van der Waals surface area contributed by atoms with Crippen molar-refractivity contribution in [3.8, 4) is 0 Å². The molecule has 1 saturated heterocycles. The van der Waals surface area contributed by atoms with Gasteiger partial charge < -0.3 is 4.74 Å². The van der Waals surface area contributed by atoms with Crippen LogP contribution in [0.2, 0.25) is 0 Å². The van der Waals surface area contributed by atoms with Crippen LogP contribution in [0.3, 0.4) is 0 Å². The summed E-state index contributed by atoms with van der Waals surface area (Å²) >= 11 is 2.38. The van der Waals surface area contributed by atoms with Crippen molar-refractivity contribution in [2.45, 2.75) is 12.8 Å². The fourth-order valence-electron chi connectivity index (χ4n) is 6.41. The van der Waals surface area contributed by atoms with Gasteiger partial charge in [0.05, 0.1) is 15.6 Å². The van der Waals surface area contributed by atoms with Gasteiger partial charge in [-0.05, 0) is 28.8 Å². The summed E-state index contributed by atoms with van der Waals surface area (Å²) in [6, 6.07) is 0. The molecule has 1 nitrogen and oxygen atoms in total. The van der Waals surface area contributed by atoms with E-state index in [1.54, 1.807) is 0 Å². The fourth-order valence-corrected chi connectivity index (χ4v) is 6.76. The maximum absolute atomic E-state index is 15.7. The average molecular weight is 1040 g/mol. The minimum atomic E-state index is -7.09. The predicted molar refractivity (Wildman–Crippen MR) is 183 cm³/mol. The second kappa shape index (κ2) is 21.0. The molecular weight excluding hydrogens is 1020 g/mol. The summed E-state index contributed by atoms with van der Waals surface area (Å²) in [6.45, 7) is 7.73. The summed E-state index contributed by atoms with van der Waals surface area (Å²) in [6.07, 6.45) is -3.93. The molecule has 0 unspecified atom stereocenters. The Balaban J connectivity index is 0.000000488. The molecule has 0 atom stereocenters. The van der Waals surface area contributed by atoms with Gasteiger partial charge in [-0.25, -0.2) is 101 Å². The van der Waals surface area contributed by atoms with E-state index in [4.69, 9.17) is 4.74 Å². The van der Waals surface area contributed by atoms with Gasteiger partial charge in [0.25, 0.3) is 0 Å². The number of hydrogen-bond donors (Lipinski definition) is 0. The molecule has 1 aliphatic heterocycles. The zero-order valence-corrected chi connectivity index (χ0v) is 35.0. The Labute approximate surface area is 378 Å². The summed E-state index contributed by atoms with van der Waals surface area (Å²) in [7, 11) is 0. The maximum Gasteiger partial charge on any atom is 1.00 e. The van der Waals surface area contributed by atoms with E-state index in [1.807, 2.05) is 0 Å². The molecule has 27 heteroatoms. The zero-order valence-electron chi connectivity index (χ0n) is 31.5. The minimum Gasteiger partial charge on any atom is -0.381 e. The van der Waals surface area contributed by atoms with Crippen LogP contribution in [0.15, 0.2) is 17.6 Å². The SMILES string of the molecule is C1CCOC1.C=Cc1c(F)c(F)c(Br)c(F)c1F.C=Cc1c(F)c(F)c([B-](c2c(F)c(F)c(F)c(F)c2F)(c2c(F)c(F)c(F)c(F)c2F)c2c(F)c(F)c(F)c(F)c2F)c(F)c1F.[Na+]. The number of rotatable bonds is 6. The minimum absolute atomic E-state index is 0. The topological polar surface area (TPSA) is 9.23 Å². The Morgan fingerprint density at radius 2 is 0.508 bits per heavy atom. The second-order valence-corrected chi connectivity index (χ2v) is 13.4. The van der Waals surface area contributed by atoms with Crippen LogP contribution >= 0.6 is 15.9 Å². The molecular formula is C38H14BBrF23NaO. The van der Waals surface area contributed by atoms with Crippen molar-refractivity contribution in [2.24, 2.45) is 0 Å². The maximum atomic E-state index is 15.7. The molecule has 0 spiro atoms. The molecule has 5 aromatic rings. The molecule has 5 aromatic carbocycles. The monoisotopic (exact) mass is 1040 g/mol. The van der Waals surface area contributed by atoms with Crippen LogP contribution in [0.5, 0.6) is 0 Å². The Morgan fingerprint density at radius 1 is 0.323 bits per heavy atom. The number of hydrogen-bond acceptors (Lipinski definition) is 1. The molecule has 0 saturated carbocycles. The molecule has 1 fully saturated rings. The second-order valence-electron chi connectivity index (χ2n) is 12.6. The van der Waals surface area contributed by atoms with Crippen LogP contribution in [0, 0.1) is 134 Å². The molecule has 0 radical (unpaired) electrons. The van der Waals surface area contributed by atoms with Crippen LogP contribution in [0.25, 0.3) is 12.2 Å². The van der Waals surface area contributed by atoms with Crippen LogP contribution in [0.1, 0.15) is 24.0 Å². The normalized spacial score (nSPS) is 12.3. The smallest absolute Gasteiger partial charge is 0.381 e. The number of benzene rings is 5. The summed E-state index contributed by atoms with van der Waals surface area (Å²) in [5.41, 5.74) is -16.6. The van der Waals surface area contributed by atoms with Gasteiger partial charge >= 0.3 is 29.6 Å². The first-order valence-electron chi connectivity index (χ1n) is 16.7. The molecule has 0 amide bonds. The van der Waals surface area contributed by atoms with Crippen molar-refractivity contribution in [1.82, 2.24) is 0 Å². The number of halogens is 24. The Hall–Kier alpha value is -4.53. The standard InChI is InChI=1S/C26H3BF19.C8H3BrF4.C4H8O.Na/c1-2-3-8(28)10(30)4(11(31)9(3)29)27(5-12(32)18(38)24(44)19(39)13(5)33,6-14(34)20(40)25(45)21(41)15(6)35)7-16(36)22(42)26(46)23(43)17(7)37;1-2-3-5(10)7(12)4(9)8(13)6(3)11;1-2-4-5-3-1;/h2H,1H2;2H,1H2;1-4H2;/q-1;;;+1. The van der Waals surface area contributed by atoms with Gasteiger partial charge in [-0.3, -0.25) is 0 Å². The van der Waals surface area contributed by atoms with E-state index in [2.05, 4.69) is 29.1 Å². The van der Waals surface area contributed by atoms with E-state index in [0.717, 1.165) is 13.2 Å². The van der Waals surface area contributed by atoms with E-state index in [1.165, 1.54) is 12.8 Å². The van der Waals surface area contributed by atoms with Crippen molar-refractivity contribution in [2.75, 3.05) is 13.2 Å². The van der Waals surface area contributed by atoms with Gasteiger partial charge in [0.2, 0.25) is 0 Å². The predicted octanol–water partition coefficient (Wildman–Crippen LogP) is 7.80.